The quantitative estimate of drug-likeness (QED) is 0.640. The third-order valence-corrected chi connectivity index (χ3v) is 2.54. The molecular weight excluding hydrogens is 192 g/mol. The first-order valence-corrected chi connectivity index (χ1v) is 5.37. The van der Waals surface area contributed by atoms with Crippen LogP contribution in [0.1, 0.15) is 34.6 Å². The molecule has 90 valence electrons. The van der Waals surface area contributed by atoms with Crippen LogP contribution in [0.3, 0.4) is 0 Å². The standard InChI is InChI=1S/C11H24N2O2/c1-7(2)8(6-14)13-10(15)9(12)11(3,4)5/h7-9,14H,6,12H2,1-5H3,(H,13,15)/t8?,9-/m1/s1. The van der Waals surface area contributed by atoms with Crippen molar-refractivity contribution in [2.24, 2.45) is 17.1 Å². The largest absolute Gasteiger partial charge is 0.394 e. The van der Waals surface area contributed by atoms with Crippen LogP contribution in [0, 0.1) is 11.3 Å². The Hall–Kier alpha value is -0.610. The number of nitrogens with two attached hydrogens (primary N) is 1. The van der Waals surface area contributed by atoms with Crippen molar-refractivity contribution in [2.45, 2.75) is 46.7 Å². The van der Waals surface area contributed by atoms with Gasteiger partial charge in [0.2, 0.25) is 5.91 Å². The molecule has 0 saturated carbocycles. The lowest BCUT2D eigenvalue weighted by atomic mass is 9.86. The molecule has 1 unspecified atom stereocenters. The fourth-order valence-corrected chi connectivity index (χ4v) is 1.09. The molecule has 0 aliphatic rings. The molecule has 0 aromatic rings. The van der Waals surface area contributed by atoms with Crippen LogP contribution >= 0.6 is 0 Å². The molecule has 1 amide bonds. The van der Waals surface area contributed by atoms with Crippen LogP contribution in [0.4, 0.5) is 0 Å². The molecule has 0 heterocycles. The minimum Gasteiger partial charge on any atom is -0.394 e. The fourth-order valence-electron chi connectivity index (χ4n) is 1.09. The van der Waals surface area contributed by atoms with E-state index in [2.05, 4.69) is 5.32 Å². The van der Waals surface area contributed by atoms with E-state index >= 15 is 0 Å². The zero-order chi connectivity index (χ0) is 12.2. The number of carbonyl (C=O) groups is 1. The second-order valence-electron chi connectivity index (χ2n) is 5.39. The molecule has 0 saturated heterocycles. The molecule has 0 aliphatic carbocycles. The predicted molar refractivity (Wildman–Crippen MR) is 61.3 cm³/mol. The van der Waals surface area contributed by atoms with Crippen molar-refractivity contribution in [3.63, 3.8) is 0 Å². The molecule has 0 fully saturated rings. The first-order valence-electron chi connectivity index (χ1n) is 5.37. The second-order valence-corrected chi connectivity index (χ2v) is 5.39. The van der Waals surface area contributed by atoms with E-state index in [1.807, 2.05) is 34.6 Å². The maximum absolute atomic E-state index is 11.7. The number of hydrogen-bond donors (Lipinski definition) is 3. The van der Waals surface area contributed by atoms with E-state index in [9.17, 15) is 4.79 Å². The van der Waals surface area contributed by atoms with Crippen molar-refractivity contribution in [2.75, 3.05) is 6.61 Å². The average molecular weight is 216 g/mol. The van der Waals surface area contributed by atoms with Crippen molar-refractivity contribution in [1.29, 1.82) is 0 Å². The van der Waals surface area contributed by atoms with Gasteiger partial charge < -0.3 is 16.2 Å². The Morgan fingerprint density at radius 3 is 2.13 bits per heavy atom. The van der Waals surface area contributed by atoms with Gasteiger partial charge in [-0.3, -0.25) is 4.79 Å². The zero-order valence-electron chi connectivity index (χ0n) is 10.4. The molecule has 4 heteroatoms. The van der Waals surface area contributed by atoms with Gasteiger partial charge in [0.15, 0.2) is 0 Å². The first-order chi connectivity index (χ1) is 6.70. The number of nitrogens with one attached hydrogen (secondary N) is 1. The highest BCUT2D eigenvalue weighted by Gasteiger charge is 2.29. The summed E-state index contributed by atoms with van der Waals surface area (Å²) in [4.78, 5) is 11.7. The summed E-state index contributed by atoms with van der Waals surface area (Å²) in [6, 6.07) is -0.767. The van der Waals surface area contributed by atoms with Crippen LogP contribution in [0.2, 0.25) is 0 Å². The monoisotopic (exact) mass is 216 g/mol. The van der Waals surface area contributed by atoms with Crippen LogP contribution in [0.5, 0.6) is 0 Å². The van der Waals surface area contributed by atoms with Gasteiger partial charge in [0.1, 0.15) is 0 Å². The third kappa shape index (κ3) is 4.62. The van der Waals surface area contributed by atoms with Gasteiger partial charge in [0, 0.05) is 0 Å². The molecule has 4 N–H and O–H groups in total. The fraction of sp³-hybridized carbons (Fsp3) is 0.909. The van der Waals surface area contributed by atoms with Gasteiger partial charge in [-0.2, -0.15) is 0 Å². The van der Waals surface area contributed by atoms with E-state index in [-0.39, 0.29) is 29.9 Å². The van der Waals surface area contributed by atoms with Gasteiger partial charge in [-0.1, -0.05) is 34.6 Å². The molecule has 0 spiro atoms. The Morgan fingerprint density at radius 2 is 1.87 bits per heavy atom. The first kappa shape index (κ1) is 14.4. The number of aliphatic hydroxyl groups excluding tert-OH is 1. The Labute approximate surface area is 92.2 Å². The van der Waals surface area contributed by atoms with E-state index in [1.54, 1.807) is 0 Å². The molecule has 0 bridgehead atoms. The maximum atomic E-state index is 11.7. The van der Waals surface area contributed by atoms with Gasteiger partial charge in [0.25, 0.3) is 0 Å². The number of carbonyl (C=O) groups excluding carboxylic acids is 1. The van der Waals surface area contributed by atoms with Crippen molar-refractivity contribution in [1.82, 2.24) is 5.32 Å². The van der Waals surface area contributed by atoms with E-state index in [4.69, 9.17) is 10.8 Å². The van der Waals surface area contributed by atoms with Gasteiger partial charge >= 0.3 is 0 Å². The topological polar surface area (TPSA) is 75.3 Å². The zero-order valence-corrected chi connectivity index (χ0v) is 10.4. The van der Waals surface area contributed by atoms with Gasteiger partial charge in [0.05, 0.1) is 18.7 Å². The number of rotatable bonds is 4. The number of amides is 1. The van der Waals surface area contributed by atoms with Crippen molar-refractivity contribution >= 4 is 5.91 Å². The number of aliphatic hydroxyl groups is 1. The van der Waals surface area contributed by atoms with E-state index in [0.717, 1.165) is 0 Å². The predicted octanol–water partition coefficient (Wildman–Crippen LogP) is 0.493. The highest BCUT2D eigenvalue weighted by Crippen LogP contribution is 2.17. The normalized spacial score (nSPS) is 16.3. The molecule has 15 heavy (non-hydrogen) atoms. The molecule has 0 aliphatic heterocycles. The summed E-state index contributed by atoms with van der Waals surface area (Å²) >= 11 is 0. The molecule has 0 aromatic heterocycles. The molecule has 4 nitrogen and oxygen atoms in total. The van der Waals surface area contributed by atoms with Crippen LogP contribution < -0.4 is 11.1 Å². The third-order valence-electron chi connectivity index (χ3n) is 2.54. The molecule has 0 radical (unpaired) electrons. The summed E-state index contributed by atoms with van der Waals surface area (Å²) in [5, 5.41) is 11.8. The highest BCUT2D eigenvalue weighted by atomic mass is 16.3. The van der Waals surface area contributed by atoms with E-state index in [0.29, 0.717) is 0 Å². The van der Waals surface area contributed by atoms with Gasteiger partial charge in [-0.05, 0) is 11.3 Å². The van der Waals surface area contributed by atoms with Crippen LogP contribution in [0.15, 0.2) is 0 Å². The lowest BCUT2D eigenvalue weighted by Gasteiger charge is -2.29. The molecular formula is C11H24N2O2. The van der Waals surface area contributed by atoms with E-state index in [1.165, 1.54) is 0 Å². The maximum Gasteiger partial charge on any atom is 0.237 e. The van der Waals surface area contributed by atoms with Crippen LogP contribution in [0.25, 0.3) is 0 Å². The highest BCUT2D eigenvalue weighted by molar-refractivity contribution is 5.82. The smallest absolute Gasteiger partial charge is 0.237 e. The molecule has 0 rings (SSSR count). The van der Waals surface area contributed by atoms with Gasteiger partial charge in [-0.25, -0.2) is 0 Å². The Morgan fingerprint density at radius 1 is 1.40 bits per heavy atom. The minimum absolute atomic E-state index is 0.0553. The van der Waals surface area contributed by atoms with Crippen molar-refractivity contribution in [3.05, 3.63) is 0 Å². The lowest BCUT2D eigenvalue weighted by molar-refractivity contribution is -0.125. The Balaban J connectivity index is 4.36. The number of hydrogen-bond acceptors (Lipinski definition) is 3. The summed E-state index contributed by atoms with van der Waals surface area (Å²) in [6.07, 6.45) is 0. The van der Waals surface area contributed by atoms with E-state index < -0.39 is 6.04 Å². The summed E-state index contributed by atoms with van der Waals surface area (Å²) in [5.74, 6) is 0.00127. The summed E-state index contributed by atoms with van der Waals surface area (Å²) in [5.41, 5.74) is 5.54. The summed E-state index contributed by atoms with van der Waals surface area (Å²) < 4.78 is 0. The molecule has 2 atom stereocenters. The second kappa shape index (κ2) is 5.47. The Kier molecular flexibility index (Phi) is 5.24. The van der Waals surface area contributed by atoms with Crippen LogP contribution in [-0.2, 0) is 4.79 Å². The summed E-state index contributed by atoms with van der Waals surface area (Å²) in [7, 11) is 0. The average Bonchev–Trinajstić information content (AvgIpc) is 2.10. The van der Waals surface area contributed by atoms with Crippen LogP contribution in [-0.4, -0.2) is 29.7 Å². The Bertz CT molecular complexity index is 209. The van der Waals surface area contributed by atoms with Crippen molar-refractivity contribution < 1.29 is 9.90 Å². The summed E-state index contributed by atoms with van der Waals surface area (Å²) in [6.45, 7) is 9.59. The van der Waals surface area contributed by atoms with Gasteiger partial charge in [-0.15, -0.1) is 0 Å². The molecule has 0 aromatic carbocycles. The SMILES string of the molecule is CC(C)C(CO)NC(=O)[C@@H](N)C(C)(C)C. The lowest BCUT2D eigenvalue weighted by Crippen LogP contribution is -2.53. The minimum atomic E-state index is -0.551. The van der Waals surface area contributed by atoms with Crippen molar-refractivity contribution in [3.8, 4) is 0 Å².